The van der Waals surface area contributed by atoms with Gasteiger partial charge in [-0.1, -0.05) is 17.7 Å². The van der Waals surface area contributed by atoms with Gasteiger partial charge in [-0.3, -0.25) is 0 Å². The second-order valence-corrected chi connectivity index (χ2v) is 3.95. The molecule has 1 aromatic carbocycles. The monoisotopic (exact) mass is 265 g/mol. The van der Waals surface area contributed by atoms with Gasteiger partial charge in [0.15, 0.2) is 11.5 Å². The molecule has 5 heteroatoms. The SMILES string of the molecule is COc1cc(CO)ccc1Oc1ccnc(Cl)c1. The minimum absolute atomic E-state index is 0.0439. The first-order valence-corrected chi connectivity index (χ1v) is 5.68. The number of pyridine rings is 1. The summed E-state index contributed by atoms with van der Waals surface area (Å²) in [6.07, 6.45) is 1.56. The average Bonchev–Trinajstić information content (AvgIpc) is 2.39. The molecule has 1 N–H and O–H groups in total. The highest BCUT2D eigenvalue weighted by Crippen LogP contribution is 2.32. The summed E-state index contributed by atoms with van der Waals surface area (Å²) >= 11 is 5.78. The molecule has 0 aliphatic rings. The van der Waals surface area contributed by atoms with Crippen LogP contribution in [0.2, 0.25) is 5.15 Å². The molecule has 0 saturated heterocycles. The Kier molecular flexibility index (Phi) is 4.02. The van der Waals surface area contributed by atoms with E-state index in [0.717, 1.165) is 5.56 Å². The van der Waals surface area contributed by atoms with E-state index in [0.29, 0.717) is 22.4 Å². The minimum atomic E-state index is -0.0439. The van der Waals surface area contributed by atoms with E-state index >= 15 is 0 Å². The van der Waals surface area contributed by atoms with Crippen molar-refractivity contribution >= 4 is 11.6 Å². The zero-order valence-corrected chi connectivity index (χ0v) is 10.5. The first kappa shape index (κ1) is 12.7. The molecule has 18 heavy (non-hydrogen) atoms. The van der Waals surface area contributed by atoms with Gasteiger partial charge in [0.2, 0.25) is 0 Å². The van der Waals surface area contributed by atoms with Crippen molar-refractivity contribution in [2.75, 3.05) is 7.11 Å². The van der Waals surface area contributed by atoms with Crippen LogP contribution >= 0.6 is 11.6 Å². The van der Waals surface area contributed by atoms with Crippen LogP contribution in [-0.2, 0) is 6.61 Å². The summed E-state index contributed by atoms with van der Waals surface area (Å²) in [4.78, 5) is 3.87. The van der Waals surface area contributed by atoms with Crippen molar-refractivity contribution in [3.63, 3.8) is 0 Å². The van der Waals surface area contributed by atoms with Crippen LogP contribution in [0.4, 0.5) is 0 Å². The Morgan fingerprint density at radius 2 is 2.06 bits per heavy atom. The molecule has 0 amide bonds. The van der Waals surface area contributed by atoms with Gasteiger partial charge < -0.3 is 14.6 Å². The number of aliphatic hydroxyl groups excluding tert-OH is 1. The highest BCUT2D eigenvalue weighted by molar-refractivity contribution is 6.29. The van der Waals surface area contributed by atoms with Crippen LogP contribution in [0.15, 0.2) is 36.5 Å². The highest BCUT2D eigenvalue weighted by atomic mass is 35.5. The van der Waals surface area contributed by atoms with Gasteiger partial charge in [0.05, 0.1) is 13.7 Å². The minimum Gasteiger partial charge on any atom is -0.493 e. The van der Waals surface area contributed by atoms with Crippen molar-refractivity contribution in [3.05, 3.63) is 47.2 Å². The van der Waals surface area contributed by atoms with Crippen molar-refractivity contribution in [3.8, 4) is 17.2 Å². The van der Waals surface area contributed by atoms with Crippen molar-refractivity contribution in [2.24, 2.45) is 0 Å². The topological polar surface area (TPSA) is 51.6 Å². The Hall–Kier alpha value is -1.78. The van der Waals surface area contributed by atoms with E-state index < -0.39 is 0 Å². The van der Waals surface area contributed by atoms with Crippen LogP contribution in [0.3, 0.4) is 0 Å². The van der Waals surface area contributed by atoms with E-state index in [-0.39, 0.29) is 6.61 Å². The number of benzene rings is 1. The fraction of sp³-hybridized carbons (Fsp3) is 0.154. The second-order valence-electron chi connectivity index (χ2n) is 3.56. The van der Waals surface area contributed by atoms with Crippen LogP contribution in [0.1, 0.15) is 5.56 Å². The normalized spacial score (nSPS) is 10.2. The Bertz CT molecular complexity index is 546. The Balaban J connectivity index is 2.28. The molecule has 2 rings (SSSR count). The van der Waals surface area contributed by atoms with E-state index in [1.165, 1.54) is 0 Å². The molecular weight excluding hydrogens is 254 g/mol. The highest BCUT2D eigenvalue weighted by Gasteiger charge is 2.07. The van der Waals surface area contributed by atoms with Gasteiger partial charge in [0, 0.05) is 12.3 Å². The van der Waals surface area contributed by atoms with Gasteiger partial charge in [-0.2, -0.15) is 0 Å². The molecule has 0 spiro atoms. The van der Waals surface area contributed by atoms with Gasteiger partial charge in [-0.15, -0.1) is 0 Å². The van der Waals surface area contributed by atoms with Gasteiger partial charge in [-0.25, -0.2) is 4.98 Å². The number of rotatable bonds is 4. The van der Waals surface area contributed by atoms with Crippen LogP contribution < -0.4 is 9.47 Å². The predicted octanol–water partition coefficient (Wildman–Crippen LogP) is 3.03. The maximum Gasteiger partial charge on any atom is 0.169 e. The lowest BCUT2D eigenvalue weighted by Crippen LogP contribution is -1.93. The number of hydrogen-bond donors (Lipinski definition) is 1. The van der Waals surface area contributed by atoms with Crippen molar-refractivity contribution in [2.45, 2.75) is 6.61 Å². The maximum atomic E-state index is 9.05. The Labute approximate surface area is 110 Å². The summed E-state index contributed by atoms with van der Waals surface area (Å²) in [7, 11) is 1.54. The number of aromatic nitrogens is 1. The van der Waals surface area contributed by atoms with Crippen LogP contribution in [0, 0.1) is 0 Å². The molecule has 1 heterocycles. The lowest BCUT2D eigenvalue weighted by Gasteiger charge is -2.11. The Morgan fingerprint density at radius 3 is 2.72 bits per heavy atom. The summed E-state index contributed by atoms with van der Waals surface area (Å²) < 4.78 is 10.9. The van der Waals surface area contributed by atoms with E-state index in [1.807, 2.05) is 0 Å². The average molecular weight is 266 g/mol. The number of aliphatic hydroxyl groups is 1. The molecule has 0 radical (unpaired) electrons. The summed E-state index contributed by atoms with van der Waals surface area (Å²) in [6.45, 7) is -0.0439. The number of hydrogen-bond acceptors (Lipinski definition) is 4. The number of methoxy groups -OCH3 is 1. The molecule has 2 aromatic rings. The smallest absolute Gasteiger partial charge is 0.169 e. The number of ether oxygens (including phenoxy) is 2. The summed E-state index contributed by atoms with van der Waals surface area (Å²) in [6, 6.07) is 8.53. The zero-order valence-electron chi connectivity index (χ0n) is 9.76. The number of halogens is 1. The molecular formula is C13H12ClNO3. The summed E-state index contributed by atoms with van der Waals surface area (Å²) in [5.74, 6) is 1.68. The molecule has 4 nitrogen and oxygen atoms in total. The largest absolute Gasteiger partial charge is 0.493 e. The third kappa shape index (κ3) is 2.91. The molecule has 0 aliphatic heterocycles. The third-order valence-corrected chi connectivity index (χ3v) is 2.54. The van der Waals surface area contributed by atoms with E-state index in [1.54, 1.807) is 43.6 Å². The van der Waals surface area contributed by atoms with Crippen LogP contribution in [0.25, 0.3) is 0 Å². The van der Waals surface area contributed by atoms with Crippen molar-refractivity contribution < 1.29 is 14.6 Å². The number of nitrogens with zero attached hydrogens (tertiary/aromatic N) is 1. The predicted molar refractivity (Wildman–Crippen MR) is 68.2 cm³/mol. The van der Waals surface area contributed by atoms with Crippen molar-refractivity contribution in [1.82, 2.24) is 4.98 Å². The fourth-order valence-corrected chi connectivity index (χ4v) is 1.63. The molecule has 1 aromatic heterocycles. The van der Waals surface area contributed by atoms with Gasteiger partial charge in [0.1, 0.15) is 10.9 Å². The van der Waals surface area contributed by atoms with Crippen LogP contribution in [-0.4, -0.2) is 17.2 Å². The molecule has 0 atom stereocenters. The first-order chi connectivity index (χ1) is 8.72. The van der Waals surface area contributed by atoms with Gasteiger partial charge in [-0.05, 0) is 23.8 Å². The van der Waals surface area contributed by atoms with Crippen molar-refractivity contribution in [1.29, 1.82) is 0 Å². The molecule has 0 aliphatic carbocycles. The lowest BCUT2D eigenvalue weighted by atomic mass is 10.2. The van der Waals surface area contributed by atoms with Gasteiger partial charge in [0.25, 0.3) is 0 Å². The van der Waals surface area contributed by atoms with Gasteiger partial charge >= 0.3 is 0 Å². The first-order valence-electron chi connectivity index (χ1n) is 5.30. The quantitative estimate of drug-likeness (QED) is 0.864. The molecule has 0 fully saturated rings. The lowest BCUT2D eigenvalue weighted by molar-refractivity contribution is 0.280. The third-order valence-electron chi connectivity index (χ3n) is 2.34. The van der Waals surface area contributed by atoms with E-state index in [4.69, 9.17) is 26.2 Å². The van der Waals surface area contributed by atoms with E-state index in [2.05, 4.69) is 4.98 Å². The molecule has 94 valence electrons. The van der Waals surface area contributed by atoms with E-state index in [9.17, 15) is 0 Å². The summed E-state index contributed by atoms with van der Waals surface area (Å²) in [5, 5.41) is 9.41. The van der Waals surface area contributed by atoms with Crippen LogP contribution in [0.5, 0.6) is 17.2 Å². The second kappa shape index (κ2) is 5.71. The fourth-order valence-electron chi connectivity index (χ4n) is 1.47. The standard InChI is InChI=1S/C13H12ClNO3/c1-17-12-6-9(8-16)2-3-11(12)18-10-4-5-15-13(14)7-10/h2-7,16H,8H2,1H3. The Morgan fingerprint density at radius 1 is 1.22 bits per heavy atom. The molecule has 0 saturated carbocycles. The zero-order chi connectivity index (χ0) is 13.0. The molecule has 0 unspecified atom stereocenters. The maximum absolute atomic E-state index is 9.05. The molecule has 0 bridgehead atoms. The summed E-state index contributed by atoms with van der Waals surface area (Å²) in [5.41, 5.74) is 0.756.